The van der Waals surface area contributed by atoms with Crippen molar-refractivity contribution in [1.29, 1.82) is 0 Å². The fourth-order valence-corrected chi connectivity index (χ4v) is 6.09. The van der Waals surface area contributed by atoms with Gasteiger partial charge in [0.25, 0.3) is 5.91 Å². The van der Waals surface area contributed by atoms with Crippen molar-refractivity contribution in [2.45, 2.75) is 31.2 Å². The van der Waals surface area contributed by atoms with Gasteiger partial charge in [-0.1, -0.05) is 55.2 Å². The zero-order valence-electron chi connectivity index (χ0n) is 19.5. The maximum absolute atomic E-state index is 12.8. The van der Waals surface area contributed by atoms with Crippen molar-refractivity contribution >= 4 is 72.2 Å². The number of rotatable bonds is 11. The number of carbonyl (C=O) groups is 3. The molecule has 36 heavy (non-hydrogen) atoms. The van der Waals surface area contributed by atoms with Crippen molar-refractivity contribution in [2.75, 3.05) is 13.1 Å². The summed E-state index contributed by atoms with van der Waals surface area (Å²) in [6.45, 7) is 2.86. The van der Waals surface area contributed by atoms with Gasteiger partial charge in [0, 0.05) is 9.72 Å². The predicted octanol–water partition coefficient (Wildman–Crippen LogP) is 4.02. The molecule has 2 aromatic carbocycles. The lowest BCUT2D eigenvalue weighted by atomic mass is 10.0. The van der Waals surface area contributed by atoms with Crippen LogP contribution in [0.5, 0.6) is 0 Å². The number of hydrogen-bond donors (Lipinski definition) is 3. The molecule has 192 valence electrons. The molecule has 0 radical (unpaired) electrons. The molecule has 0 unspecified atom stereocenters. The van der Waals surface area contributed by atoms with Gasteiger partial charge in [0.2, 0.25) is 15.9 Å². The first-order chi connectivity index (χ1) is 17.0. The topological polar surface area (TPSA) is 121 Å². The van der Waals surface area contributed by atoms with Crippen LogP contribution in [0.4, 0.5) is 0 Å². The Morgan fingerprint density at radius 1 is 1.00 bits per heavy atom. The van der Waals surface area contributed by atoms with Gasteiger partial charge < -0.3 is 10.6 Å². The largest absolute Gasteiger partial charge is 0.347 e. The van der Waals surface area contributed by atoms with Gasteiger partial charge in [0.05, 0.1) is 23.0 Å². The highest BCUT2D eigenvalue weighted by Crippen LogP contribution is 2.26. The van der Waals surface area contributed by atoms with E-state index in [9.17, 15) is 22.8 Å². The minimum Gasteiger partial charge on any atom is -0.347 e. The summed E-state index contributed by atoms with van der Waals surface area (Å²) in [7, 11) is -4.06. The third kappa shape index (κ3) is 7.50. The van der Waals surface area contributed by atoms with E-state index in [0.717, 1.165) is 10.1 Å². The molecule has 0 saturated carbocycles. The second-order valence-corrected chi connectivity index (χ2v) is 12.1. The standard InChI is InChI=1S/C24H25Cl2N3O5S2/c1-14(2)9-19(29-24(32)21-10-15-5-3-4-6-20(15)35-21)23(31)27-12-17(30)13-28-36(33,34)22-8-7-16(25)11-18(22)26/h3-8,10-11,14,19,28H,9,12-13H2,1-2H3,(H,27,31)(H,29,32)/t19-/m0/s1. The van der Waals surface area contributed by atoms with Gasteiger partial charge in [-0.25, -0.2) is 13.1 Å². The first-order valence-corrected chi connectivity index (χ1v) is 14.1. The van der Waals surface area contributed by atoms with Gasteiger partial charge in [-0.05, 0) is 48.1 Å². The van der Waals surface area contributed by atoms with Gasteiger partial charge in [-0.2, -0.15) is 0 Å². The van der Waals surface area contributed by atoms with Gasteiger partial charge >= 0.3 is 0 Å². The molecule has 8 nitrogen and oxygen atoms in total. The van der Waals surface area contributed by atoms with E-state index in [-0.39, 0.29) is 26.8 Å². The number of thiophene rings is 1. The summed E-state index contributed by atoms with van der Waals surface area (Å²) in [6.07, 6.45) is 0.359. The van der Waals surface area contributed by atoms with Crippen molar-refractivity contribution < 1.29 is 22.8 Å². The Bertz CT molecular complexity index is 1360. The molecule has 0 spiro atoms. The molecule has 0 fully saturated rings. The van der Waals surface area contributed by atoms with Crippen LogP contribution in [-0.4, -0.2) is 45.1 Å². The van der Waals surface area contributed by atoms with Crippen LogP contribution in [0, 0.1) is 5.92 Å². The highest BCUT2D eigenvalue weighted by Gasteiger charge is 2.24. The number of halogens is 2. The number of amides is 2. The molecule has 1 atom stereocenters. The molecule has 1 heterocycles. The lowest BCUT2D eigenvalue weighted by Gasteiger charge is -2.19. The van der Waals surface area contributed by atoms with E-state index >= 15 is 0 Å². The minimum absolute atomic E-state index is 0.0818. The number of fused-ring (bicyclic) bond motifs is 1. The van der Waals surface area contributed by atoms with Crippen LogP contribution >= 0.6 is 34.5 Å². The summed E-state index contributed by atoms with van der Waals surface area (Å²) in [4.78, 5) is 38.1. The zero-order valence-corrected chi connectivity index (χ0v) is 22.7. The van der Waals surface area contributed by atoms with Crippen LogP contribution in [0.1, 0.15) is 29.9 Å². The number of sulfonamides is 1. The molecule has 0 aliphatic rings. The first-order valence-electron chi connectivity index (χ1n) is 11.0. The summed E-state index contributed by atoms with van der Waals surface area (Å²) in [5.41, 5.74) is 0. The van der Waals surface area contributed by atoms with Crippen molar-refractivity contribution in [1.82, 2.24) is 15.4 Å². The average molecular weight is 571 g/mol. The summed E-state index contributed by atoms with van der Waals surface area (Å²) in [5, 5.41) is 6.36. The zero-order chi connectivity index (χ0) is 26.5. The highest BCUT2D eigenvalue weighted by molar-refractivity contribution is 7.89. The average Bonchev–Trinajstić information content (AvgIpc) is 3.25. The molecule has 0 aliphatic heterocycles. The normalized spacial score (nSPS) is 12.5. The van der Waals surface area contributed by atoms with E-state index in [0.29, 0.717) is 11.3 Å². The third-order valence-corrected chi connectivity index (χ3v) is 8.31. The number of carbonyl (C=O) groups excluding carboxylic acids is 3. The van der Waals surface area contributed by atoms with E-state index in [1.54, 1.807) is 6.07 Å². The van der Waals surface area contributed by atoms with Gasteiger partial charge in [0.15, 0.2) is 5.78 Å². The monoisotopic (exact) mass is 569 g/mol. The summed E-state index contributed by atoms with van der Waals surface area (Å²) >= 11 is 13.1. The fourth-order valence-electron chi connectivity index (χ4n) is 3.34. The molecule has 0 aliphatic carbocycles. The van der Waals surface area contributed by atoms with E-state index in [2.05, 4.69) is 15.4 Å². The first kappa shape index (κ1) is 28.1. The van der Waals surface area contributed by atoms with Gasteiger partial charge in [-0.15, -0.1) is 11.3 Å². The number of ketones is 1. The Labute approximate surface area is 223 Å². The van der Waals surface area contributed by atoms with Crippen LogP contribution in [0.3, 0.4) is 0 Å². The lowest BCUT2D eigenvalue weighted by molar-refractivity contribution is -0.126. The molecule has 3 rings (SSSR count). The summed E-state index contributed by atoms with van der Waals surface area (Å²) in [5.74, 6) is -1.39. The minimum atomic E-state index is -4.06. The van der Waals surface area contributed by atoms with Crippen molar-refractivity contribution in [2.24, 2.45) is 5.92 Å². The molecule has 2 amide bonds. The quantitative estimate of drug-likeness (QED) is 0.322. The number of nitrogens with one attached hydrogen (secondary N) is 3. The second kappa shape index (κ2) is 12.2. The number of benzene rings is 2. The van der Waals surface area contributed by atoms with E-state index in [4.69, 9.17) is 23.2 Å². The van der Waals surface area contributed by atoms with Crippen LogP contribution in [0.25, 0.3) is 10.1 Å². The predicted molar refractivity (Wildman–Crippen MR) is 142 cm³/mol. The molecule has 0 bridgehead atoms. The van der Waals surface area contributed by atoms with Gasteiger partial charge in [-0.3, -0.25) is 14.4 Å². The van der Waals surface area contributed by atoms with E-state index < -0.39 is 40.8 Å². The second-order valence-electron chi connectivity index (χ2n) is 8.46. The maximum Gasteiger partial charge on any atom is 0.262 e. The molecule has 1 aromatic heterocycles. The summed E-state index contributed by atoms with van der Waals surface area (Å²) < 4.78 is 28.0. The van der Waals surface area contributed by atoms with E-state index in [1.165, 1.54) is 29.5 Å². The fraction of sp³-hybridized carbons (Fsp3) is 0.292. The van der Waals surface area contributed by atoms with Crippen LogP contribution in [-0.2, 0) is 19.6 Å². The van der Waals surface area contributed by atoms with Crippen LogP contribution in [0.2, 0.25) is 10.0 Å². The Morgan fingerprint density at radius 2 is 1.72 bits per heavy atom. The lowest BCUT2D eigenvalue weighted by Crippen LogP contribution is -2.49. The summed E-state index contributed by atoms with van der Waals surface area (Å²) in [6, 6.07) is 12.4. The molecule has 0 saturated heterocycles. The highest BCUT2D eigenvalue weighted by atomic mass is 35.5. The molecule has 3 N–H and O–H groups in total. The van der Waals surface area contributed by atoms with Crippen LogP contribution < -0.4 is 15.4 Å². The molecular formula is C24H25Cl2N3O5S2. The maximum atomic E-state index is 12.8. The van der Waals surface area contributed by atoms with E-state index in [1.807, 2.05) is 38.1 Å². The smallest absolute Gasteiger partial charge is 0.262 e. The van der Waals surface area contributed by atoms with Crippen LogP contribution in [0.15, 0.2) is 53.4 Å². The number of Topliss-reactive ketones (excluding diaryl/α,β-unsaturated/α-hetero) is 1. The SMILES string of the molecule is CC(C)C[C@H](NC(=O)c1cc2ccccc2s1)C(=O)NCC(=O)CNS(=O)(=O)c1ccc(Cl)cc1Cl. The Hall–Kier alpha value is -2.50. The molecular weight excluding hydrogens is 545 g/mol. The molecule has 12 heteroatoms. The third-order valence-electron chi connectivity index (χ3n) is 5.08. The number of hydrogen-bond acceptors (Lipinski definition) is 6. The Balaban J connectivity index is 1.57. The molecule has 3 aromatic rings. The van der Waals surface area contributed by atoms with Crippen molar-refractivity contribution in [3.05, 3.63) is 63.5 Å². The van der Waals surface area contributed by atoms with Gasteiger partial charge in [0.1, 0.15) is 10.9 Å². The van der Waals surface area contributed by atoms with Crippen molar-refractivity contribution in [3.63, 3.8) is 0 Å². The van der Waals surface area contributed by atoms with Crippen molar-refractivity contribution in [3.8, 4) is 0 Å². The Morgan fingerprint density at radius 3 is 2.39 bits per heavy atom. The Kier molecular flexibility index (Phi) is 9.48.